The van der Waals surface area contributed by atoms with Crippen LogP contribution in [0.1, 0.15) is 25.0 Å². The van der Waals surface area contributed by atoms with E-state index in [0.717, 1.165) is 20.6 Å². The van der Waals surface area contributed by atoms with Crippen LogP contribution in [-0.2, 0) is 32.6 Å². The number of sulfonamides is 1. The number of carbonyl (C=O) groups excluding carboxylic acids is 2. The molecule has 0 aromatic heterocycles. The largest absolute Gasteiger partial charge is 0.352 e. The lowest BCUT2D eigenvalue weighted by Crippen LogP contribution is -2.54. The van der Waals surface area contributed by atoms with Crippen molar-refractivity contribution < 1.29 is 18.0 Å². The van der Waals surface area contributed by atoms with Gasteiger partial charge in [0.25, 0.3) is 0 Å². The Morgan fingerprint density at radius 3 is 2.18 bits per heavy atom. The Kier molecular flexibility index (Phi) is 10.8. The first-order valence-corrected chi connectivity index (χ1v) is 15.6. The van der Waals surface area contributed by atoms with E-state index in [1.807, 2.05) is 44.2 Å². The lowest BCUT2D eigenvalue weighted by atomic mass is 10.0. The zero-order valence-corrected chi connectivity index (χ0v) is 25.7. The van der Waals surface area contributed by atoms with E-state index in [1.54, 1.807) is 42.5 Å². The van der Waals surface area contributed by atoms with E-state index in [9.17, 15) is 18.0 Å². The highest BCUT2D eigenvalue weighted by Gasteiger charge is 2.33. The van der Waals surface area contributed by atoms with Gasteiger partial charge >= 0.3 is 0 Å². The second-order valence-corrected chi connectivity index (χ2v) is 13.0. The summed E-state index contributed by atoms with van der Waals surface area (Å²) >= 11 is 15.9. The van der Waals surface area contributed by atoms with Gasteiger partial charge in [0.15, 0.2) is 0 Å². The topological polar surface area (TPSA) is 86.8 Å². The molecule has 2 amide bonds. The third-order valence-corrected chi connectivity index (χ3v) is 8.11. The van der Waals surface area contributed by atoms with Gasteiger partial charge in [-0.05, 0) is 61.4 Å². The number of nitrogens with one attached hydrogen (secondary N) is 1. The molecule has 0 saturated heterocycles. The van der Waals surface area contributed by atoms with Crippen molar-refractivity contribution in [1.29, 1.82) is 0 Å². The number of hydrogen-bond donors (Lipinski definition) is 1. The van der Waals surface area contributed by atoms with Crippen LogP contribution in [0.2, 0.25) is 10.0 Å². The Labute approximate surface area is 248 Å². The molecule has 1 N–H and O–H groups in total. The van der Waals surface area contributed by atoms with Crippen molar-refractivity contribution in [1.82, 2.24) is 10.2 Å². The number of hydrogen-bond acceptors (Lipinski definition) is 4. The maximum atomic E-state index is 14.0. The lowest BCUT2D eigenvalue weighted by molar-refractivity contribution is -0.140. The molecule has 3 rings (SSSR count). The molecule has 3 aromatic rings. The van der Waals surface area contributed by atoms with E-state index < -0.39 is 28.5 Å². The molecule has 3 aromatic carbocycles. The molecule has 0 bridgehead atoms. The highest BCUT2D eigenvalue weighted by atomic mass is 79.9. The van der Waals surface area contributed by atoms with Crippen molar-refractivity contribution in [2.24, 2.45) is 0 Å². The summed E-state index contributed by atoms with van der Waals surface area (Å²) in [6.45, 7) is 3.12. The number of carbonyl (C=O) groups is 2. The quantitative estimate of drug-likeness (QED) is 0.288. The van der Waals surface area contributed by atoms with Gasteiger partial charge in [-0.2, -0.15) is 0 Å². The number of rotatable bonds is 11. The van der Waals surface area contributed by atoms with Gasteiger partial charge in [0, 0.05) is 33.5 Å². The van der Waals surface area contributed by atoms with Crippen molar-refractivity contribution >= 4 is 66.7 Å². The van der Waals surface area contributed by atoms with Crippen LogP contribution in [0.5, 0.6) is 0 Å². The number of benzene rings is 3. The zero-order chi connectivity index (χ0) is 28.7. The minimum absolute atomic E-state index is 0.0320. The third kappa shape index (κ3) is 8.96. The molecule has 0 aliphatic rings. The number of halogens is 3. The molecular formula is C28H30BrCl2N3O4S. The van der Waals surface area contributed by atoms with Crippen LogP contribution in [0.15, 0.2) is 77.3 Å². The molecule has 7 nitrogen and oxygen atoms in total. The fraction of sp³-hybridized carbons (Fsp3) is 0.286. The first-order chi connectivity index (χ1) is 18.3. The molecule has 0 radical (unpaired) electrons. The molecule has 1 atom stereocenters. The van der Waals surface area contributed by atoms with E-state index in [1.165, 1.54) is 4.90 Å². The van der Waals surface area contributed by atoms with Crippen LogP contribution in [0.25, 0.3) is 0 Å². The Morgan fingerprint density at radius 2 is 1.62 bits per heavy atom. The standard InChI is InChI=1S/C28H30BrCl2N3O4S/c1-19(2)32-28(36)26(15-20-7-5-4-6-8-20)33(17-21-9-12-23(30)16-25(21)31)27(35)18-34(39(3,37)38)24-13-10-22(29)11-14-24/h4-14,16,19,26H,15,17-18H2,1-3H3,(H,32,36). The summed E-state index contributed by atoms with van der Waals surface area (Å²) in [6.07, 6.45) is 1.25. The maximum Gasteiger partial charge on any atom is 0.244 e. The zero-order valence-electron chi connectivity index (χ0n) is 21.8. The molecule has 0 fully saturated rings. The van der Waals surface area contributed by atoms with Gasteiger partial charge < -0.3 is 10.2 Å². The normalized spacial score (nSPS) is 12.2. The summed E-state index contributed by atoms with van der Waals surface area (Å²) < 4.78 is 27.4. The van der Waals surface area contributed by atoms with Gasteiger partial charge in [0.05, 0.1) is 11.9 Å². The number of nitrogens with zero attached hydrogens (tertiary/aromatic N) is 2. The molecular weight excluding hydrogens is 625 g/mol. The maximum absolute atomic E-state index is 14.0. The van der Waals surface area contributed by atoms with E-state index in [-0.39, 0.29) is 24.9 Å². The summed E-state index contributed by atoms with van der Waals surface area (Å²) in [4.78, 5) is 28.9. The van der Waals surface area contributed by atoms with Crippen LogP contribution in [-0.4, -0.2) is 50.0 Å². The van der Waals surface area contributed by atoms with E-state index in [4.69, 9.17) is 23.2 Å². The van der Waals surface area contributed by atoms with E-state index >= 15 is 0 Å². The van der Waals surface area contributed by atoms with Gasteiger partial charge in [0.1, 0.15) is 12.6 Å². The van der Waals surface area contributed by atoms with Crippen LogP contribution in [0.3, 0.4) is 0 Å². The van der Waals surface area contributed by atoms with Gasteiger partial charge in [0.2, 0.25) is 21.8 Å². The minimum atomic E-state index is -3.84. The molecule has 11 heteroatoms. The molecule has 0 aliphatic heterocycles. The lowest BCUT2D eigenvalue weighted by Gasteiger charge is -2.34. The molecule has 39 heavy (non-hydrogen) atoms. The molecule has 208 valence electrons. The Bertz CT molecular complexity index is 1400. The fourth-order valence-electron chi connectivity index (χ4n) is 3.99. The van der Waals surface area contributed by atoms with Crippen molar-refractivity contribution in [3.63, 3.8) is 0 Å². The Balaban J connectivity index is 2.07. The summed E-state index contributed by atoms with van der Waals surface area (Å²) in [5.41, 5.74) is 1.73. The summed E-state index contributed by atoms with van der Waals surface area (Å²) in [7, 11) is -3.84. The monoisotopic (exact) mass is 653 g/mol. The third-order valence-electron chi connectivity index (χ3n) is 5.85. The smallest absolute Gasteiger partial charge is 0.244 e. The number of anilines is 1. The second-order valence-electron chi connectivity index (χ2n) is 9.37. The molecule has 0 aliphatic carbocycles. The highest BCUT2D eigenvalue weighted by molar-refractivity contribution is 9.10. The Hall–Kier alpha value is -2.59. The predicted octanol–water partition coefficient (Wildman–Crippen LogP) is 5.69. The van der Waals surface area contributed by atoms with Crippen molar-refractivity contribution in [2.75, 3.05) is 17.1 Å². The fourth-order valence-corrected chi connectivity index (χ4v) is 5.57. The minimum Gasteiger partial charge on any atom is -0.352 e. The van der Waals surface area contributed by atoms with Crippen LogP contribution >= 0.6 is 39.1 Å². The van der Waals surface area contributed by atoms with Crippen LogP contribution in [0.4, 0.5) is 5.69 Å². The van der Waals surface area contributed by atoms with Gasteiger partial charge in [-0.15, -0.1) is 0 Å². The van der Waals surface area contributed by atoms with Crippen molar-refractivity contribution in [3.05, 3.63) is 98.4 Å². The van der Waals surface area contributed by atoms with Crippen LogP contribution in [0, 0.1) is 0 Å². The predicted molar refractivity (Wildman–Crippen MR) is 161 cm³/mol. The van der Waals surface area contributed by atoms with Gasteiger partial charge in [-0.1, -0.05) is 75.5 Å². The Morgan fingerprint density at radius 1 is 0.974 bits per heavy atom. The molecule has 1 unspecified atom stereocenters. The van der Waals surface area contributed by atoms with Gasteiger partial charge in [-0.3, -0.25) is 13.9 Å². The molecule has 0 saturated carbocycles. The average molecular weight is 655 g/mol. The molecule has 0 spiro atoms. The highest BCUT2D eigenvalue weighted by Crippen LogP contribution is 2.26. The SMILES string of the molecule is CC(C)NC(=O)C(Cc1ccccc1)N(Cc1ccc(Cl)cc1Cl)C(=O)CN(c1ccc(Br)cc1)S(C)(=O)=O. The van der Waals surface area contributed by atoms with E-state index in [2.05, 4.69) is 21.2 Å². The van der Waals surface area contributed by atoms with Crippen molar-refractivity contribution in [2.45, 2.75) is 38.9 Å². The second kappa shape index (κ2) is 13.7. The number of amides is 2. The first kappa shape index (κ1) is 30.9. The van der Waals surface area contributed by atoms with E-state index in [0.29, 0.717) is 21.3 Å². The van der Waals surface area contributed by atoms with Gasteiger partial charge in [-0.25, -0.2) is 8.42 Å². The average Bonchev–Trinajstić information content (AvgIpc) is 2.86. The van der Waals surface area contributed by atoms with Crippen LogP contribution < -0.4 is 9.62 Å². The summed E-state index contributed by atoms with van der Waals surface area (Å²) in [6, 6.07) is 19.7. The first-order valence-electron chi connectivity index (χ1n) is 12.2. The van der Waals surface area contributed by atoms with Crippen molar-refractivity contribution in [3.8, 4) is 0 Å². The molecule has 0 heterocycles. The summed E-state index contributed by atoms with van der Waals surface area (Å²) in [5, 5.41) is 3.66. The summed E-state index contributed by atoms with van der Waals surface area (Å²) in [5.74, 6) is -0.920.